The first-order valence-corrected chi connectivity index (χ1v) is 12.1. The van der Waals surface area contributed by atoms with Crippen molar-refractivity contribution >= 4 is 40.3 Å². The Morgan fingerprint density at radius 3 is 1.86 bits per heavy atom. The van der Waals surface area contributed by atoms with Crippen LogP contribution in [0.4, 0.5) is 5.69 Å². The van der Waals surface area contributed by atoms with Gasteiger partial charge in [0, 0.05) is 10.5 Å². The smallest absolute Gasteiger partial charge is 0.276 e. The van der Waals surface area contributed by atoms with Crippen molar-refractivity contribution in [2.75, 3.05) is 0 Å². The molecule has 3 rings (SSSR count). The largest absolute Gasteiger partial charge is 0.403 e. The van der Waals surface area contributed by atoms with Gasteiger partial charge in [0.1, 0.15) is 0 Å². The Bertz CT molecular complexity index is 949. The average molecular weight is 470 g/mol. The van der Waals surface area contributed by atoms with Gasteiger partial charge >= 0.3 is 0 Å². The summed E-state index contributed by atoms with van der Waals surface area (Å²) in [5, 5.41) is 13.7. The molecule has 3 aromatic rings. The van der Waals surface area contributed by atoms with E-state index in [1.165, 1.54) is 6.07 Å². The maximum Gasteiger partial charge on any atom is 0.276 e. The molecule has 0 spiro atoms. The Hall–Kier alpha value is -2.28. The maximum absolute atomic E-state index is 11.6. The monoisotopic (exact) mass is 469 g/mol. The van der Waals surface area contributed by atoms with Crippen molar-refractivity contribution in [3.05, 3.63) is 99.0 Å². The van der Waals surface area contributed by atoms with Crippen LogP contribution in [0.1, 0.15) is 26.3 Å². The molecule has 0 saturated carbocycles. The van der Waals surface area contributed by atoms with Gasteiger partial charge in [-0.2, -0.15) is 0 Å². The van der Waals surface area contributed by atoms with Gasteiger partial charge in [0.05, 0.1) is 17.1 Å². The minimum absolute atomic E-state index is 0.0670. The van der Waals surface area contributed by atoms with Gasteiger partial charge < -0.3 is 4.43 Å². The fraction of sp³-hybridized carbons (Fsp3) is 0.217. The summed E-state index contributed by atoms with van der Waals surface area (Å²) in [6.45, 7) is 6.72. The highest BCUT2D eigenvalue weighted by Gasteiger charge is 2.50. The molecule has 0 aliphatic rings. The molecule has 29 heavy (non-hydrogen) atoms. The Morgan fingerprint density at radius 1 is 0.897 bits per heavy atom. The SMILES string of the molecule is CC(C)(C)[Si](OCc1c(Br)cccc1[N+](=O)[O-])(c1ccccc1)c1ccccc1. The van der Waals surface area contributed by atoms with E-state index >= 15 is 0 Å². The van der Waals surface area contributed by atoms with Crippen molar-refractivity contribution in [1.82, 2.24) is 0 Å². The molecular weight excluding hydrogens is 446 g/mol. The first-order chi connectivity index (χ1) is 13.8. The second-order valence-corrected chi connectivity index (χ2v) is 13.1. The average Bonchev–Trinajstić information content (AvgIpc) is 2.70. The van der Waals surface area contributed by atoms with Gasteiger partial charge in [-0.25, -0.2) is 0 Å². The predicted octanol–water partition coefficient (Wildman–Crippen LogP) is 5.43. The lowest BCUT2D eigenvalue weighted by Crippen LogP contribution is -2.66. The third kappa shape index (κ3) is 4.20. The van der Waals surface area contributed by atoms with Crippen LogP contribution < -0.4 is 10.4 Å². The number of nitro benzene ring substituents is 1. The van der Waals surface area contributed by atoms with E-state index in [0.717, 1.165) is 10.4 Å². The predicted molar refractivity (Wildman–Crippen MR) is 123 cm³/mol. The van der Waals surface area contributed by atoms with Crippen LogP contribution >= 0.6 is 15.9 Å². The van der Waals surface area contributed by atoms with Crippen molar-refractivity contribution in [3.8, 4) is 0 Å². The number of rotatable bonds is 6. The van der Waals surface area contributed by atoms with Crippen LogP contribution in [-0.2, 0) is 11.0 Å². The summed E-state index contributed by atoms with van der Waals surface area (Å²) in [4.78, 5) is 11.2. The minimum atomic E-state index is -2.76. The Morgan fingerprint density at radius 2 is 1.41 bits per heavy atom. The quantitative estimate of drug-likeness (QED) is 0.274. The highest BCUT2D eigenvalue weighted by Crippen LogP contribution is 2.38. The number of halogens is 1. The molecule has 0 saturated heterocycles. The summed E-state index contributed by atoms with van der Waals surface area (Å²) in [5.74, 6) is 0. The van der Waals surface area contributed by atoms with Crippen LogP contribution in [0.3, 0.4) is 0 Å². The molecule has 150 valence electrons. The number of hydrogen-bond acceptors (Lipinski definition) is 3. The number of nitrogens with zero attached hydrogens (tertiary/aromatic N) is 1. The minimum Gasteiger partial charge on any atom is -0.403 e. The van der Waals surface area contributed by atoms with Gasteiger partial charge in [-0.15, -0.1) is 0 Å². The second kappa shape index (κ2) is 8.61. The highest BCUT2D eigenvalue weighted by atomic mass is 79.9. The van der Waals surface area contributed by atoms with Crippen LogP contribution in [0.25, 0.3) is 0 Å². The van der Waals surface area contributed by atoms with Crippen molar-refractivity contribution < 1.29 is 9.35 Å². The normalized spacial score (nSPS) is 12.0. The van der Waals surface area contributed by atoms with Crippen molar-refractivity contribution in [2.24, 2.45) is 0 Å². The molecule has 0 aliphatic carbocycles. The van der Waals surface area contributed by atoms with Crippen LogP contribution in [0.15, 0.2) is 83.3 Å². The van der Waals surface area contributed by atoms with E-state index in [0.29, 0.717) is 10.0 Å². The summed E-state index contributed by atoms with van der Waals surface area (Å²) in [6, 6.07) is 25.5. The lowest BCUT2D eigenvalue weighted by Gasteiger charge is -2.43. The molecule has 0 amide bonds. The molecule has 0 heterocycles. The van der Waals surface area contributed by atoms with Crippen LogP contribution in [-0.4, -0.2) is 13.2 Å². The fourth-order valence-corrected chi connectivity index (χ4v) is 8.79. The number of nitro groups is 1. The molecule has 0 aromatic heterocycles. The van der Waals surface area contributed by atoms with E-state index in [2.05, 4.69) is 61.0 Å². The summed E-state index contributed by atoms with van der Waals surface area (Å²) < 4.78 is 7.51. The molecule has 0 radical (unpaired) electrons. The number of hydrogen-bond donors (Lipinski definition) is 0. The van der Waals surface area contributed by atoms with E-state index in [-0.39, 0.29) is 22.3 Å². The third-order valence-electron chi connectivity index (χ3n) is 5.14. The summed E-state index contributed by atoms with van der Waals surface area (Å²) in [6.07, 6.45) is 0. The molecule has 4 nitrogen and oxygen atoms in total. The zero-order valence-corrected chi connectivity index (χ0v) is 19.3. The molecule has 0 bridgehead atoms. The van der Waals surface area contributed by atoms with Gasteiger partial charge in [0.15, 0.2) is 0 Å². The summed E-state index contributed by atoms with van der Waals surface area (Å²) in [7, 11) is -2.76. The Labute approximate surface area is 181 Å². The van der Waals surface area contributed by atoms with E-state index in [1.54, 1.807) is 6.07 Å². The highest BCUT2D eigenvalue weighted by molar-refractivity contribution is 9.10. The van der Waals surface area contributed by atoms with Crippen molar-refractivity contribution in [1.29, 1.82) is 0 Å². The molecule has 0 aliphatic heterocycles. The lowest BCUT2D eigenvalue weighted by atomic mass is 10.2. The standard InChI is InChI=1S/C23H24BrNO3Si/c1-23(2,3)29(18-11-6-4-7-12-18,19-13-8-5-9-14-19)28-17-20-21(24)15-10-16-22(20)25(26)27/h4-16H,17H2,1-3H3. The van der Waals surface area contributed by atoms with E-state index < -0.39 is 8.32 Å². The van der Waals surface area contributed by atoms with E-state index in [9.17, 15) is 10.1 Å². The molecule has 0 fully saturated rings. The van der Waals surface area contributed by atoms with Crippen molar-refractivity contribution in [3.63, 3.8) is 0 Å². The van der Waals surface area contributed by atoms with E-state index in [1.807, 2.05) is 42.5 Å². The Kier molecular flexibility index (Phi) is 6.36. The first kappa shape index (κ1) is 21.4. The topological polar surface area (TPSA) is 52.4 Å². The summed E-state index contributed by atoms with van der Waals surface area (Å²) >= 11 is 3.48. The molecular formula is C23H24BrNO3Si. The second-order valence-electron chi connectivity index (χ2n) is 7.95. The summed E-state index contributed by atoms with van der Waals surface area (Å²) in [5.41, 5.74) is 0.628. The first-order valence-electron chi connectivity index (χ1n) is 9.44. The third-order valence-corrected chi connectivity index (χ3v) is 10.9. The zero-order chi connectivity index (χ0) is 21.1. The van der Waals surface area contributed by atoms with Gasteiger partial charge in [0.25, 0.3) is 14.0 Å². The maximum atomic E-state index is 11.6. The fourth-order valence-electron chi connectivity index (χ4n) is 3.80. The van der Waals surface area contributed by atoms with Gasteiger partial charge in [-0.05, 0) is 21.5 Å². The van der Waals surface area contributed by atoms with Crippen LogP contribution in [0.2, 0.25) is 5.04 Å². The van der Waals surface area contributed by atoms with Gasteiger partial charge in [0.2, 0.25) is 0 Å². The van der Waals surface area contributed by atoms with Crippen LogP contribution in [0, 0.1) is 10.1 Å². The molecule has 0 N–H and O–H groups in total. The van der Waals surface area contributed by atoms with Gasteiger partial charge in [-0.1, -0.05) is 103 Å². The zero-order valence-electron chi connectivity index (χ0n) is 16.8. The number of benzene rings is 3. The van der Waals surface area contributed by atoms with Gasteiger partial charge in [-0.3, -0.25) is 10.1 Å². The lowest BCUT2D eigenvalue weighted by molar-refractivity contribution is -0.385. The van der Waals surface area contributed by atoms with Crippen molar-refractivity contribution in [2.45, 2.75) is 32.4 Å². The van der Waals surface area contributed by atoms with E-state index in [4.69, 9.17) is 4.43 Å². The molecule has 6 heteroatoms. The van der Waals surface area contributed by atoms with Crippen LogP contribution in [0.5, 0.6) is 0 Å². The molecule has 0 unspecified atom stereocenters. The molecule has 0 atom stereocenters. The Balaban J connectivity index is 2.17. The molecule has 3 aromatic carbocycles.